The summed E-state index contributed by atoms with van der Waals surface area (Å²) in [5.74, 6) is 0.852. The van der Waals surface area contributed by atoms with E-state index in [1.807, 2.05) is 0 Å². The smallest absolute Gasteiger partial charge is 0.144 e. The van der Waals surface area contributed by atoms with E-state index >= 15 is 0 Å². The second kappa shape index (κ2) is 4.46. The van der Waals surface area contributed by atoms with Gasteiger partial charge < -0.3 is 5.32 Å². The Balaban J connectivity index is 1.81. The van der Waals surface area contributed by atoms with Crippen LogP contribution in [0.4, 0.5) is 0 Å². The van der Waals surface area contributed by atoms with Crippen LogP contribution in [0.15, 0.2) is 0 Å². The van der Waals surface area contributed by atoms with Crippen molar-refractivity contribution in [2.45, 2.75) is 58.5 Å². The standard InChI is InChI=1S/C14H20ClN3/c1-14(2)6-5-11-10(7-14)13(15)18-12(17-11)8-16-9-3-4-9/h9,16H,3-8H2,1-2H3. The summed E-state index contributed by atoms with van der Waals surface area (Å²) in [5.41, 5.74) is 2.67. The highest BCUT2D eigenvalue weighted by Gasteiger charge is 2.29. The van der Waals surface area contributed by atoms with Crippen molar-refractivity contribution in [1.82, 2.24) is 15.3 Å². The van der Waals surface area contributed by atoms with Gasteiger partial charge in [0.1, 0.15) is 11.0 Å². The van der Waals surface area contributed by atoms with Gasteiger partial charge in [0.05, 0.1) is 6.54 Å². The van der Waals surface area contributed by atoms with E-state index in [1.54, 1.807) is 0 Å². The topological polar surface area (TPSA) is 37.8 Å². The third kappa shape index (κ3) is 2.67. The summed E-state index contributed by atoms with van der Waals surface area (Å²) in [6.07, 6.45) is 5.78. The lowest BCUT2D eigenvalue weighted by Gasteiger charge is -2.31. The van der Waals surface area contributed by atoms with Crippen molar-refractivity contribution in [3.63, 3.8) is 0 Å². The SMILES string of the molecule is CC1(C)CCc2nc(CNC3CC3)nc(Cl)c2C1. The number of fused-ring (bicyclic) bond motifs is 1. The van der Waals surface area contributed by atoms with Gasteiger partial charge in [-0.05, 0) is 37.5 Å². The largest absolute Gasteiger partial charge is 0.307 e. The lowest BCUT2D eigenvalue weighted by molar-refractivity contribution is 0.311. The Morgan fingerprint density at radius 2 is 2.11 bits per heavy atom. The number of aromatic nitrogens is 2. The molecule has 0 aliphatic heterocycles. The lowest BCUT2D eigenvalue weighted by atomic mass is 9.76. The van der Waals surface area contributed by atoms with Gasteiger partial charge >= 0.3 is 0 Å². The van der Waals surface area contributed by atoms with Gasteiger partial charge in [0, 0.05) is 17.3 Å². The maximum Gasteiger partial charge on any atom is 0.144 e. The Hall–Kier alpha value is -0.670. The van der Waals surface area contributed by atoms with Crippen LogP contribution in [0, 0.1) is 5.41 Å². The molecule has 0 amide bonds. The molecule has 0 radical (unpaired) electrons. The maximum absolute atomic E-state index is 6.33. The zero-order chi connectivity index (χ0) is 12.8. The fourth-order valence-corrected chi connectivity index (χ4v) is 2.83. The van der Waals surface area contributed by atoms with Gasteiger partial charge in [-0.15, -0.1) is 0 Å². The summed E-state index contributed by atoms with van der Waals surface area (Å²) in [5, 5.41) is 4.11. The molecule has 18 heavy (non-hydrogen) atoms. The quantitative estimate of drug-likeness (QED) is 0.854. The number of rotatable bonds is 3. The van der Waals surface area contributed by atoms with Crippen LogP contribution in [-0.2, 0) is 19.4 Å². The summed E-state index contributed by atoms with van der Waals surface area (Å²) in [6, 6.07) is 0.683. The van der Waals surface area contributed by atoms with E-state index in [4.69, 9.17) is 11.6 Å². The highest BCUT2D eigenvalue weighted by Crippen LogP contribution is 2.36. The maximum atomic E-state index is 6.33. The molecule has 1 fully saturated rings. The fourth-order valence-electron chi connectivity index (χ4n) is 2.56. The minimum absolute atomic E-state index is 0.327. The van der Waals surface area contributed by atoms with Crippen LogP contribution in [0.5, 0.6) is 0 Å². The van der Waals surface area contributed by atoms with Crippen molar-refractivity contribution >= 4 is 11.6 Å². The molecule has 2 aliphatic carbocycles. The summed E-state index contributed by atoms with van der Waals surface area (Å²) in [4.78, 5) is 9.12. The molecule has 1 saturated carbocycles. The number of hydrogen-bond donors (Lipinski definition) is 1. The molecule has 2 aliphatic rings. The third-order valence-corrected chi connectivity index (χ3v) is 4.22. The second-order valence-corrected chi connectivity index (χ2v) is 6.71. The van der Waals surface area contributed by atoms with Crippen molar-refractivity contribution < 1.29 is 0 Å². The normalized spacial score (nSPS) is 21.7. The molecule has 3 rings (SSSR count). The van der Waals surface area contributed by atoms with Gasteiger partial charge in [0.25, 0.3) is 0 Å². The summed E-state index contributed by atoms with van der Waals surface area (Å²) >= 11 is 6.33. The third-order valence-electron chi connectivity index (χ3n) is 3.91. The first kappa shape index (κ1) is 12.4. The number of halogens is 1. The Morgan fingerprint density at radius 3 is 2.83 bits per heavy atom. The zero-order valence-corrected chi connectivity index (χ0v) is 11.8. The van der Waals surface area contributed by atoms with Crippen LogP contribution in [0.1, 0.15) is 50.2 Å². The van der Waals surface area contributed by atoms with Crippen LogP contribution in [0.3, 0.4) is 0 Å². The predicted octanol–water partition coefficient (Wildman–Crippen LogP) is 2.90. The first-order valence-corrected chi connectivity index (χ1v) is 7.19. The van der Waals surface area contributed by atoms with E-state index in [2.05, 4.69) is 29.1 Å². The average molecular weight is 266 g/mol. The van der Waals surface area contributed by atoms with Gasteiger partial charge in [-0.25, -0.2) is 9.97 Å². The van der Waals surface area contributed by atoms with Crippen molar-refractivity contribution in [2.75, 3.05) is 0 Å². The molecule has 0 spiro atoms. The first-order valence-electron chi connectivity index (χ1n) is 6.81. The summed E-state index contributed by atoms with van der Waals surface area (Å²) in [7, 11) is 0. The van der Waals surface area contributed by atoms with Crippen molar-refractivity contribution in [1.29, 1.82) is 0 Å². The Kier molecular flexibility index (Phi) is 3.07. The number of aryl methyl sites for hydroxylation is 1. The predicted molar refractivity (Wildman–Crippen MR) is 72.7 cm³/mol. The molecule has 0 bridgehead atoms. The molecule has 98 valence electrons. The molecular weight excluding hydrogens is 246 g/mol. The monoisotopic (exact) mass is 265 g/mol. The molecule has 0 atom stereocenters. The van der Waals surface area contributed by atoms with Crippen molar-refractivity contribution in [3.8, 4) is 0 Å². The molecule has 1 N–H and O–H groups in total. The van der Waals surface area contributed by atoms with E-state index in [0.717, 1.165) is 25.2 Å². The highest BCUT2D eigenvalue weighted by molar-refractivity contribution is 6.30. The molecule has 1 aromatic heterocycles. The summed E-state index contributed by atoms with van der Waals surface area (Å²) in [6.45, 7) is 5.32. The van der Waals surface area contributed by atoms with Crippen LogP contribution in [-0.4, -0.2) is 16.0 Å². The molecule has 3 nitrogen and oxygen atoms in total. The number of nitrogens with one attached hydrogen (secondary N) is 1. The first-order chi connectivity index (χ1) is 8.53. The highest BCUT2D eigenvalue weighted by atomic mass is 35.5. The molecule has 0 aromatic carbocycles. The van der Waals surface area contributed by atoms with Gasteiger partial charge in [-0.3, -0.25) is 0 Å². The molecule has 0 saturated heterocycles. The number of nitrogens with zero attached hydrogens (tertiary/aromatic N) is 2. The van der Waals surface area contributed by atoms with E-state index in [0.29, 0.717) is 16.6 Å². The summed E-state index contributed by atoms with van der Waals surface area (Å²) < 4.78 is 0. The van der Waals surface area contributed by atoms with Crippen LogP contribution >= 0.6 is 11.6 Å². The Labute approximate surface area is 113 Å². The van der Waals surface area contributed by atoms with E-state index < -0.39 is 0 Å². The fraction of sp³-hybridized carbons (Fsp3) is 0.714. The van der Waals surface area contributed by atoms with Gasteiger partial charge in [-0.2, -0.15) is 0 Å². The van der Waals surface area contributed by atoms with Gasteiger partial charge in [-0.1, -0.05) is 25.4 Å². The second-order valence-electron chi connectivity index (χ2n) is 6.35. The molecule has 0 unspecified atom stereocenters. The minimum Gasteiger partial charge on any atom is -0.307 e. The van der Waals surface area contributed by atoms with Crippen LogP contribution in [0.25, 0.3) is 0 Å². The van der Waals surface area contributed by atoms with E-state index in [1.165, 1.54) is 30.5 Å². The van der Waals surface area contributed by atoms with E-state index in [9.17, 15) is 0 Å². The lowest BCUT2D eigenvalue weighted by Crippen LogP contribution is -2.25. The zero-order valence-electron chi connectivity index (χ0n) is 11.1. The van der Waals surface area contributed by atoms with Crippen LogP contribution < -0.4 is 5.32 Å². The van der Waals surface area contributed by atoms with Gasteiger partial charge in [0.2, 0.25) is 0 Å². The van der Waals surface area contributed by atoms with Crippen molar-refractivity contribution in [2.24, 2.45) is 5.41 Å². The van der Waals surface area contributed by atoms with Crippen LogP contribution in [0.2, 0.25) is 5.15 Å². The average Bonchev–Trinajstić information content (AvgIpc) is 3.11. The van der Waals surface area contributed by atoms with Gasteiger partial charge in [0.15, 0.2) is 0 Å². The molecule has 4 heteroatoms. The van der Waals surface area contributed by atoms with E-state index in [-0.39, 0.29) is 0 Å². The number of hydrogen-bond acceptors (Lipinski definition) is 3. The Bertz CT molecular complexity index is 466. The van der Waals surface area contributed by atoms with Crippen molar-refractivity contribution in [3.05, 3.63) is 22.2 Å². The molecular formula is C14H20ClN3. The minimum atomic E-state index is 0.327. The molecule has 1 aromatic rings. The molecule has 1 heterocycles. The Morgan fingerprint density at radius 1 is 1.33 bits per heavy atom.